The van der Waals surface area contributed by atoms with Crippen molar-refractivity contribution >= 4 is 23.4 Å². The van der Waals surface area contributed by atoms with Gasteiger partial charge < -0.3 is 16.0 Å². The van der Waals surface area contributed by atoms with Crippen LogP contribution < -0.4 is 11.1 Å². The lowest BCUT2D eigenvalue weighted by Crippen LogP contribution is -2.37. The lowest BCUT2D eigenvalue weighted by Gasteiger charge is -2.25. The molecule has 1 heterocycles. The van der Waals surface area contributed by atoms with Crippen LogP contribution in [0, 0.1) is 5.92 Å². The Bertz CT molecular complexity index is 521. The summed E-state index contributed by atoms with van der Waals surface area (Å²) in [6.45, 7) is 0.791. The van der Waals surface area contributed by atoms with Crippen LogP contribution in [-0.2, 0) is 9.59 Å². The summed E-state index contributed by atoms with van der Waals surface area (Å²) < 4.78 is 0. The fourth-order valence-corrected chi connectivity index (χ4v) is 2.78. The Kier molecular flexibility index (Phi) is 4.62. The number of hydrogen-bond acceptors (Lipinski definition) is 3. The number of nitrogens with one attached hydrogen (secondary N) is 1. The number of carbonyl (C=O) groups excluding carboxylic acids is 2. The molecule has 6 heteroatoms. The van der Waals surface area contributed by atoms with Crippen molar-refractivity contribution in [1.29, 1.82) is 0 Å². The highest BCUT2D eigenvalue weighted by Crippen LogP contribution is 2.37. The fourth-order valence-electron chi connectivity index (χ4n) is 2.58. The number of benzene rings is 1. The molecule has 0 aliphatic carbocycles. The molecule has 0 saturated carbocycles. The molecule has 2 atom stereocenters. The van der Waals surface area contributed by atoms with Crippen LogP contribution in [0.3, 0.4) is 0 Å². The van der Waals surface area contributed by atoms with Crippen molar-refractivity contribution in [2.24, 2.45) is 11.7 Å². The molecule has 1 aromatic rings. The molecule has 1 aromatic carbocycles. The van der Waals surface area contributed by atoms with E-state index in [1.807, 2.05) is 12.1 Å². The molecule has 0 bridgehead atoms. The molecule has 20 heavy (non-hydrogen) atoms. The number of nitrogens with zero attached hydrogens (tertiary/aromatic N) is 1. The van der Waals surface area contributed by atoms with Crippen LogP contribution in [0.25, 0.3) is 0 Å². The van der Waals surface area contributed by atoms with Crippen molar-refractivity contribution in [3.8, 4) is 0 Å². The van der Waals surface area contributed by atoms with Gasteiger partial charge in [0.25, 0.3) is 0 Å². The van der Waals surface area contributed by atoms with Crippen molar-refractivity contribution in [3.05, 3.63) is 34.9 Å². The van der Waals surface area contributed by atoms with E-state index in [-0.39, 0.29) is 24.3 Å². The zero-order valence-corrected chi connectivity index (χ0v) is 12.1. The molecule has 0 spiro atoms. The second kappa shape index (κ2) is 6.24. The first-order chi connectivity index (χ1) is 9.54. The first kappa shape index (κ1) is 14.8. The normalized spacial score (nSPS) is 22.1. The topological polar surface area (TPSA) is 75.4 Å². The average molecular weight is 296 g/mol. The summed E-state index contributed by atoms with van der Waals surface area (Å²) in [5.41, 5.74) is 6.26. The molecule has 5 nitrogen and oxygen atoms in total. The van der Waals surface area contributed by atoms with Crippen LogP contribution in [0.5, 0.6) is 0 Å². The van der Waals surface area contributed by atoms with Crippen LogP contribution in [-0.4, -0.2) is 36.9 Å². The quantitative estimate of drug-likeness (QED) is 0.868. The van der Waals surface area contributed by atoms with Gasteiger partial charge in [-0.2, -0.15) is 0 Å². The smallest absolute Gasteiger partial charge is 0.226 e. The molecular formula is C14H18ClN3O2. The molecular weight excluding hydrogens is 278 g/mol. The third kappa shape index (κ3) is 2.94. The van der Waals surface area contributed by atoms with Crippen molar-refractivity contribution in [3.63, 3.8) is 0 Å². The molecule has 2 rings (SSSR count). The van der Waals surface area contributed by atoms with Crippen LogP contribution in [0.15, 0.2) is 24.3 Å². The van der Waals surface area contributed by atoms with Gasteiger partial charge in [-0.05, 0) is 17.7 Å². The summed E-state index contributed by atoms with van der Waals surface area (Å²) in [7, 11) is 1.71. The minimum absolute atomic E-state index is 0.0390. The Hall–Kier alpha value is -1.59. The van der Waals surface area contributed by atoms with Crippen molar-refractivity contribution in [2.75, 3.05) is 20.1 Å². The second-order valence-corrected chi connectivity index (χ2v) is 5.33. The lowest BCUT2D eigenvalue weighted by atomic mass is 9.93. The summed E-state index contributed by atoms with van der Waals surface area (Å²) in [6, 6.07) is 6.99. The van der Waals surface area contributed by atoms with Crippen LogP contribution in [0.1, 0.15) is 18.0 Å². The monoisotopic (exact) mass is 295 g/mol. The molecule has 2 unspecified atom stereocenters. The molecule has 108 valence electrons. The lowest BCUT2D eigenvalue weighted by molar-refractivity contribution is -0.128. The van der Waals surface area contributed by atoms with E-state index in [9.17, 15) is 9.59 Å². The van der Waals surface area contributed by atoms with E-state index in [1.165, 1.54) is 0 Å². The van der Waals surface area contributed by atoms with Gasteiger partial charge in [-0.15, -0.1) is 0 Å². The van der Waals surface area contributed by atoms with Crippen molar-refractivity contribution in [1.82, 2.24) is 10.2 Å². The van der Waals surface area contributed by atoms with Gasteiger partial charge in [-0.3, -0.25) is 9.59 Å². The maximum Gasteiger partial charge on any atom is 0.226 e. The molecule has 3 N–H and O–H groups in total. The maximum absolute atomic E-state index is 12.2. The number of carbonyl (C=O) groups is 2. The van der Waals surface area contributed by atoms with Crippen LogP contribution in [0.2, 0.25) is 5.02 Å². The van der Waals surface area contributed by atoms with Gasteiger partial charge in [0, 0.05) is 31.6 Å². The highest BCUT2D eigenvalue weighted by molar-refractivity contribution is 6.30. The zero-order chi connectivity index (χ0) is 14.7. The van der Waals surface area contributed by atoms with Gasteiger partial charge in [0.15, 0.2) is 0 Å². The van der Waals surface area contributed by atoms with E-state index in [0.717, 1.165) is 5.56 Å². The van der Waals surface area contributed by atoms with E-state index < -0.39 is 5.92 Å². The van der Waals surface area contributed by atoms with E-state index in [0.29, 0.717) is 18.1 Å². The molecule has 2 amide bonds. The molecule has 0 aromatic heterocycles. The standard InChI is InChI=1S/C14H18ClN3O2/c1-18-12(19)8-11(14(20)17-6-5-16)13(18)9-3-2-4-10(15)7-9/h2-4,7,11,13H,5-6,8,16H2,1H3,(H,17,20). The molecule has 1 fully saturated rings. The number of likely N-dealkylation sites (tertiary alicyclic amines) is 1. The van der Waals surface area contributed by atoms with E-state index in [2.05, 4.69) is 5.32 Å². The minimum atomic E-state index is -0.405. The van der Waals surface area contributed by atoms with Gasteiger partial charge in [0.1, 0.15) is 0 Å². The SMILES string of the molecule is CN1C(=O)CC(C(=O)NCCN)C1c1cccc(Cl)c1. The predicted octanol–water partition coefficient (Wildman–Crippen LogP) is 0.934. The fraction of sp³-hybridized carbons (Fsp3) is 0.429. The Balaban J connectivity index is 2.26. The first-order valence-corrected chi connectivity index (χ1v) is 6.91. The maximum atomic E-state index is 12.2. The van der Waals surface area contributed by atoms with Gasteiger partial charge in [-0.25, -0.2) is 0 Å². The largest absolute Gasteiger partial charge is 0.355 e. The first-order valence-electron chi connectivity index (χ1n) is 6.53. The highest BCUT2D eigenvalue weighted by Gasteiger charge is 2.42. The molecule has 0 radical (unpaired) electrons. The number of amides is 2. The van der Waals surface area contributed by atoms with E-state index in [1.54, 1.807) is 24.1 Å². The van der Waals surface area contributed by atoms with Crippen molar-refractivity contribution in [2.45, 2.75) is 12.5 Å². The summed E-state index contributed by atoms with van der Waals surface area (Å²) in [4.78, 5) is 25.7. The number of nitrogens with two attached hydrogens (primary N) is 1. The predicted molar refractivity (Wildman–Crippen MR) is 77.1 cm³/mol. The summed E-state index contributed by atoms with van der Waals surface area (Å²) >= 11 is 6.00. The van der Waals surface area contributed by atoms with Gasteiger partial charge in [0.05, 0.1) is 12.0 Å². The Morgan fingerprint density at radius 2 is 2.30 bits per heavy atom. The van der Waals surface area contributed by atoms with Gasteiger partial charge in [0.2, 0.25) is 11.8 Å². The van der Waals surface area contributed by atoms with Gasteiger partial charge >= 0.3 is 0 Å². The summed E-state index contributed by atoms with van der Waals surface area (Å²) in [5.74, 6) is -0.585. The molecule has 1 saturated heterocycles. The van der Waals surface area contributed by atoms with E-state index in [4.69, 9.17) is 17.3 Å². The minimum Gasteiger partial charge on any atom is -0.355 e. The number of halogens is 1. The van der Waals surface area contributed by atoms with Gasteiger partial charge in [-0.1, -0.05) is 23.7 Å². The second-order valence-electron chi connectivity index (χ2n) is 4.89. The van der Waals surface area contributed by atoms with Crippen LogP contribution >= 0.6 is 11.6 Å². The van der Waals surface area contributed by atoms with Crippen LogP contribution in [0.4, 0.5) is 0 Å². The third-order valence-electron chi connectivity index (χ3n) is 3.56. The summed E-state index contributed by atoms with van der Waals surface area (Å²) in [5, 5.41) is 3.35. The van der Waals surface area contributed by atoms with Crippen molar-refractivity contribution < 1.29 is 9.59 Å². The Labute approximate surface area is 123 Å². The van der Waals surface area contributed by atoms with E-state index >= 15 is 0 Å². The third-order valence-corrected chi connectivity index (χ3v) is 3.79. The Morgan fingerprint density at radius 1 is 1.55 bits per heavy atom. The Morgan fingerprint density at radius 3 is 2.95 bits per heavy atom. The highest BCUT2D eigenvalue weighted by atomic mass is 35.5. The molecule has 1 aliphatic heterocycles. The zero-order valence-electron chi connectivity index (χ0n) is 11.3. The summed E-state index contributed by atoms with van der Waals surface area (Å²) in [6.07, 6.45) is 0.212. The number of hydrogen-bond donors (Lipinski definition) is 2. The molecule has 1 aliphatic rings. The number of rotatable bonds is 4. The average Bonchev–Trinajstić information content (AvgIpc) is 2.72.